The van der Waals surface area contributed by atoms with Crippen molar-refractivity contribution in [3.63, 3.8) is 0 Å². The van der Waals surface area contributed by atoms with Crippen molar-refractivity contribution in [3.8, 4) is 5.69 Å². The van der Waals surface area contributed by atoms with Gasteiger partial charge in [-0.25, -0.2) is 9.48 Å². The van der Waals surface area contributed by atoms with Crippen LogP contribution >= 0.6 is 11.6 Å². The van der Waals surface area contributed by atoms with Gasteiger partial charge in [-0.2, -0.15) is 5.10 Å². The summed E-state index contributed by atoms with van der Waals surface area (Å²) in [6, 6.07) is 13.4. The smallest absolute Gasteiger partial charge is 0.338 e. The number of benzene rings is 2. The van der Waals surface area contributed by atoms with Crippen molar-refractivity contribution in [2.75, 3.05) is 19.0 Å². The van der Waals surface area contributed by atoms with Crippen molar-refractivity contribution < 1.29 is 23.9 Å². The maximum atomic E-state index is 12.3. The molecule has 0 atom stereocenters. The molecule has 0 spiro atoms. The molecule has 33 heavy (non-hydrogen) atoms. The zero-order valence-corrected chi connectivity index (χ0v) is 19.3. The number of esters is 2. The van der Waals surface area contributed by atoms with Crippen LogP contribution in [0.15, 0.2) is 48.5 Å². The quantitative estimate of drug-likeness (QED) is 0.500. The van der Waals surface area contributed by atoms with Crippen molar-refractivity contribution in [1.29, 1.82) is 0 Å². The van der Waals surface area contributed by atoms with Crippen molar-refractivity contribution >= 4 is 35.1 Å². The summed E-state index contributed by atoms with van der Waals surface area (Å²) < 4.78 is 11.6. The van der Waals surface area contributed by atoms with Crippen molar-refractivity contribution in [2.24, 2.45) is 0 Å². The van der Waals surface area contributed by atoms with Gasteiger partial charge in [0.2, 0.25) is 0 Å². The monoisotopic (exact) mass is 469 g/mol. The molecule has 1 aromatic heterocycles. The maximum absolute atomic E-state index is 12.3. The fourth-order valence-electron chi connectivity index (χ4n) is 3.33. The molecule has 9 heteroatoms. The number of ether oxygens (including phenoxy) is 2. The highest BCUT2D eigenvalue weighted by Crippen LogP contribution is 2.20. The lowest BCUT2D eigenvalue weighted by molar-refractivity contribution is -0.140. The molecule has 0 saturated heterocycles. The molecule has 0 aliphatic heterocycles. The van der Waals surface area contributed by atoms with Crippen LogP contribution < -0.4 is 5.32 Å². The van der Waals surface area contributed by atoms with Gasteiger partial charge in [-0.15, -0.1) is 0 Å². The number of aromatic nitrogens is 2. The Balaban J connectivity index is 1.61. The highest BCUT2D eigenvalue weighted by molar-refractivity contribution is 6.30. The molecule has 0 fully saturated rings. The number of aryl methyl sites for hydroxylation is 1. The number of amides is 1. The van der Waals surface area contributed by atoms with Crippen LogP contribution in [-0.2, 0) is 25.5 Å². The molecular formula is C24H24ClN3O5. The molecule has 1 N–H and O–H groups in total. The van der Waals surface area contributed by atoms with E-state index in [0.29, 0.717) is 22.7 Å². The number of nitrogens with zero attached hydrogens (tertiary/aromatic N) is 2. The Morgan fingerprint density at radius 2 is 1.82 bits per heavy atom. The van der Waals surface area contributed by atoms with E-state index in [1.165, 1.54) is 7.11 Å². The number of methoxy groups -OCH3 is 1. The van der Waals surface area contributed by atoms with Gasteiger partial charge in [-0.05, 0) is 68.3 Å². The fraction of sp³-hybridized carbons (Fsp3) is 0.250. The lowest BCUT2D eigenvalue weighted by Crippen LogP contribution is -2.20. The lowest BCUT2D eigenvalue weighted by Gasteiger charge is -2.08. The summed E-state index contributed by atoms with van der Waals surface area (Å²) in [6.07, 6.45) is 0.811. The number of halogens is 1. The van der Waals surface area contributed by atoms with Crippen LogP contribution in [0.25, 0.3) is 5.69 Å². The predicted molar refractivity (Wildman–Crippen MR) is 124 cm³/mol. The summed E-state index contributed by atoms with van der Waals surface area (Å²) in [5, 5.41) is 7.65. The zero-order chi connectivity index (χ0) is 24.0. The third-order valence-electron chi connectivity index (χ3n) is 5.04. The Bertz CT molecular complexity index is 1170. The SMILES string of the molecule is COC(=O)CCc1c(C)nn(-c2ccc(C(=O)OCC(=O)Nc3cccc(Cl)c3)cc2)c1C. The van der Waals surface area contributed by atoms with Gasteiger partial charge in [0.15, 0.2) is 6.61 Å². The largest absolute Gasteiger partial charge is 0.469 e. The Morgan fingerprint density at radius 1 is 1.09 bits per heavy atom. The molecule has 0 bridgehead atoms. The van der Waals surface area contributed by atoms with E-state index in [9.17, 15) is 14.4 Å². The molecule has 0 aliphatic rings. The number of nitrogens with one attached hydrogen (secondary N) is 1. The van der Waals surface area contributed by atoms with Crippen molar-refractivity contribution in [1.82, 2.24) is 9.78 Å². The molecule has 0 unspecified atom stereocenters. The van der Waals surface area contributed by atoms with Crippen molar-refractivity contribution in [2.45, 2.75) is 26.7 Å². The summed E-state index contributed by atoms with van der Waals surface area (Å²) in [5.41, 5.74) is 4.30. The molecule has 3 rings (SSSR count). The molecule has 172 valence electrons. The minimum absolute atomic E-state index is 0.273. The van der Waals surface area contributed by atoms with E-state index in [0.717, 1.165) is 22.6 Å². The van der Waals surface area contributed by atoms with Gasteiger partial charge in [0.25, 0.3) is 5.91 Å². The normalized spacial score (nSPS) is 10.5. The fourth-order valence-corrected chi connectivity index (χ4v) is 3.52. The number of anilines is 1. The molecule has 8 nitrogen and oxygen atoms in total. The topological polar surface area (TPSA) is 99.5 Å². The predicted octanol–water partition coefficient (Wildman–Crippen LogP) is 4.04. The van der Waals surface area contributed by atoms with Crippen LogP contribution in [0, 0.1) is 13.8 Å². The Kier molecular flexibility index (Phi) is 7.84. The standard InChI is InChI=1S/C24H24ClN3O5/c1-15-21(11-12-23(30)32-3)16(2)28(27-15)20-9-7-17(8-10-20)24(31)33-14-22(29)26-19-6-4-5-18(25)13-19/h4-10,13H,11-12,14H2,1-3H3,(H,26,29). The summed E-state index contributed by atoms with van der Waals surface area (Å²) in [5.74, 6) is -1.36. The first-order valence-corrected chi connectivity index (χ1v) is 10.6. The Labute approximate surface area is 196 Å². The first-order valence-electron chi connectivity index (χ1n) is 10.2. The first kappa shape index (κ1) is 24.0. The average Bonchev–Trinajstić information content (AvgIpc) is 3.09. The van der Waals surface area contributed by atoms with Gasteiger partial charge in [0.05, 0.1) is 24.1 Å². The lowest BCUT2D eigenvalue weighted by atomic mass is 10.1. The van der Waals surface area contributed by atoms with E-state index in [-0.39, 0.29) is 12.4 Å². The van der Waals surface area contributed by atoms with Crippen LogP contribution in [0.1, 0.15) is 33.7 Å². The second-order valence-electron chi connectivity index (χ2n) is 7.32. The minimum atomic E-state index is -0.616. The van der Waals surface area contributed by atoms with E-state index >= 15 is 0 Å². The van der Waals surface area contributed by atoms with Crippen LogP contribution in [0.2, 0.25) is 5.02 Å². The first-order chi connectivity index (χ1) is 15.8. The van der Waals surface area contributed by atoms with E-state index in [1.807, 2.05) is 13.8 Å². The molecule has 0 aliphatic carbocycles. The summed E-state index contributed by atoms with van der Waals surface area (Å²) in [4.78, 5) is 35.8. The van der Waals surface area contributed by atoms with Gasteiger partial charge in [-0.3, -0.25) is 9.59 Å². The zero-order valence-electron chi connectivity index (χ0n) is 18.6. The number of rotatable bonds is 8. The van der Waals surface area contributed by atoms with Crippen LogP contribution in [-0.4, -0.2) is 41.3 Å². The van der Waals surface area contributed by atoms with E-state index < -0.39 is 18.5 Å². The highest BCUT2D eigenvalue weighted by Gasteiger charge is 2.16. The Hall–Kier alpha value is -3.65. The van der Waals surface area contributed by atoms with Gasteiger partial charge in [-0.1, -0.05) is 17.7 Å². The van der Waals surface area contributed by atoms with E-state index in [2.05, 4.69) is 10.4 Å². The van der Waals surface area contributed by atoms with Gasteiger partial charge in [0, 0.05) is 22.8 Å². The summed E-state index contributed by atoms with van der Waals surface area (Å²) in [7, 11) is 1.36. The van der Waals surface area contributed by atoms with Crippen LogP contribution in [0.4, 0.5) is 5.69 Å². The van der Waals surface area contributed by atoms with Gasteiger partial charge < -0.3 is 14.8 Å². The third-order valence-corrected chi connectivity index (χ3v) is 5.27. The average molecular weight is 470 g/mol. The number of hydrogen-bond donors (Lipinski definition) is 1. The maximum Gasteiger partial charge on any atom is 0.338 e. The molecule has 3 aromatic rings. The number of carbonyl (C=O) groups excluding carboxylic acids is 3. The van der Waals surface area contributed by atoms with Crippen LogP contribution in [0.5, 0.6) is 0 Å². The van der Waals surface area contributed by atoms with Crippen LogP contribution in [0.3, 0.4) is 0 Å². The van der Waals surface area contributed by atoms with Gasteiger partial charge >= 0.3 is 11.9 Å². The number of hydrogen-bond acceptors (Lipinski definition) is 6. The summed E-state index contributed by atoms with van der Waals surface area (Å²) >= 11 is 5.89. The second kappa shape index (κ2) is 10.8. The molecule has 2 aromatic carbocycles. The van der Waals surface area contributed by atoms with E-state index in [4.69, 9.17) is 21.1 Å². The highest BCUT2D eigenvalue weighted by atomic mass is 35.5. The molecule has 0 radical (unpaired) electrons. The Morgan fingerprint density at radius 3 is 2.48 bits per heavy atom. The third kappa shape index (κ3) is 6.20. The number of carbonyl (C=O) groups is 3. The van der Waals surface area contributed by atoms with E-state index in [1.54, 1.807) is 53.2 Å². The second-order valence-corrected chi connectivity index (χ2v) is 7.76. The molecular weight excluding hydrogens is 446 g/mol. The molecule has 1 amide bonds. The van der Waals surface area contributed by atoms with Crippen molar-refractivity contribution in [3.05, 3.63) is 76.1 Å². The molecule has 1 heterocycles. The minimum Gasteiger partial charge on any atom is -0.469 e. The van der Waals surface area contributed by atoms with Gasteiger partial charge in [0.1, 0.15) is 0 Å². The molecule has 0 saturated carbocycles. The summed E-state index contributed by atoms with van der Waals surface area (Å²) in [6.45, 7) is 3.39.